The van der Waals surface area contributed by atoms with Crippen LogP contribution in [-0.2, 0) is 0 Å². The lowest BCUT2D eigenvalue weighted by Crippen LogP contribution is -2.09. The molecule has 0 aliphatic heterocycles. The van der Waals surface area contributed by atoms with E-state index in [1.54, 1.807) is 5.56 Å². The van der Waals surface area contributed by atoms with Gasteiger partial charge in [-0.2, -0.15) is 0 Å². The van der Waals surface area contributed by atoms with E-state index in [0.717, 1.165) is 5.92 Å². The smallest absolute Gasteiger partial charge is 0.0441 e. The van der Waals surface area contributed by atoms with Gasteiger partial charge in [-0.3, -0.25) is 0 Å². The molecule has 0 aromatic heterocycles. The highest BCUT2D eigenvalue weighted by molar-refractivity contribution is 5.61. The van der Waals surface area contributed by atoms with E-state index < -0.39 is 0 Å². The third kappa shape index (κ3) is 4.26. The van der Waals surface area contributed by atoms with Crippen molar-refractivity contribution in [2.24, 2.45) is 0 Å². The minimum Gasteiger partial charge on any atom is -0.382 e. The first-order chi connectivity index (χ1) is 9.97. The van der Waals surface area contributed by atoms with Crippen molar-refractivity contribution in [3.8, 4) is 0 Å². The molecule has 0 bridgehead atoms. The maximum atomic E-state index is 3.56. The molecule has 0 heterocycles. The Balaban J connectivity index is 2.20. The zero-order valence-corrected chi connectivity index (χ0v) is 14.3. The summed E-state index contributed by atoms with van der Waals surface area (Å²) in [4.78, 5) is 2.07. The average Bonchev–Trinajstić information content (AvgIpc) is 2.43. The lowest BCUT2D eigenvalue weighted by atomic mass is 9.83. The first-order valence-electron chi connectivity index (χ1n) is 8.20. The van der Waals surface area contributed by atoms with Crippen LogP contribution in [0.1, 0.15) is 61.6 Å². The van der Waals surface area contributed by atoms with E-state index in [9.17, 15) is 0 Å². The van der Waals surface area contributed by atoms with Crippen molar-refractivity contribution in [1.29, 1.82) is 0 Å². The Morgan fingerprint density at radius 2 is 1.67 bits per heavy atom. The van der Waals surface area contributed by atoms with Gasteiger partial charge in [0.15, 0.2) is 0 Å². The van der Waals surface area contributed by atoms with E-state index >= 15 is 0 Å². The van der Waals surface area contributed by atoms with Crippen LogP contribution in [0.25, 0.3) is 0 Å². The van der Waals surface area contributed by atoms with Gasteiger partial charge < -0.3 is 10.2 Å². The van der Waals surface area contributed by atoms with Crippen molar-refractivity contribution in [2.75, 3.05) is 19.4 Å². The van der Waals surface area contributed by atoms with Gasteiger partial charge in [0.1, 0.15) is 0 Å². The number of rotatable bonds is 4. The third-order valence-corrected chi connectivity index (χ3v) is 4.41. The zero-order chi connectivity index (χ0) is 15.4. The summed E-state index contributed by atoms with van der Waals surface area (Å²) in [6, 6.07) is 4.79. The summed E-state index contributed by atoms with van der Waals surface area (Å²) in [5, 5.41) is 3.56. The minimum absolute atomic E-state index is 0.781. The van der Waals surface area contributed by atoms with Crippen molar-refractivity contribution in [3.63, 3.8) is 0 Å². The molecule has 2 rings (SSSR count). The molecule has 1 aliphatic carbocycles. The topological polar surface area (TPSA) is 15.3 Å². The van der Waals surface area contributed by atoms with Crippen molar-refractivity contribution >= 4 is 5.69 Å². The van der Waals surface area contributed by atoms with Crippen LogP contribution >= 0.6 is 0 Å². The van der Waals surface area contributed by atoms with Crippen LogP contribution in [0.5, 0.6) is 0 Å². The van der Waals surface area contributed by atoms with Crippen LogP contribution in [0.4, 0.5) is 5.69 Å². The van der Waals surface area contributed by atoms with Gasteiger partial charge in [0.05, 0.1) is 0 Å². The third-order valence-electron chi connectivity index (χ3n) is 4.41. The molecule has 0 amide bonds. The van der Waals surface area contributed by atoms with Gasteiger partial charge in [0.2, 0.25) is 0 Å². The van der Waals surface area contributed by atoms with Crippen LogP contribution in [0.3, 0.4) is 0 Å². The standard InChI is InChI=1S/C19H30N2/c1-14-11-18(17-9-7-6-8-10-17)12-15(2)19(14)20-16(3)13-21(4)5/h11-13,17,20H,6-10H2,1-5H3/b16-13-. The molecule has 0 unspecified atom stereocenters. The summed E-state index contributed by atoms with van der Waals surface area (Å²) in [5.74, 6) is 0.781. The fourth-order valence-corrected chi connectivity index (χ4v) is 3.48. The van der Waals surface area contributed by atoms with Crippen LogP contribution in [0.2, 0.25) is 0 Å². The molecule has 1 N–H and O–H groups in total. The highest BCUT2D eigenvalue weighted by Crippen LogP contribution is 2.35. The number of anilines is 1. The molecule has 21 heavy (non-hydrogen) atoms. The van der Waals surface area contributed by atoms with Crippen molar-refractivity contribution in [3.05, 3.63) is 40.7 Å². The van der Waals surface area contributed by atoms with Crippen molar-refractivity contribution < 1.29 is 0 Å². The predicted molar refractivity (Wildman–Crippen MR) is 92.8 cm³/mol. The molecule has 1 aliphatic rings. The van der Waals surface area contributed by atoms with Gasteiger partial charge in [0, 0.05) is 31.7 Å². The van der Waals surface area contributed by atoms with Crippen LogP contribution in [0, 0.1) is 13.8 Å². The van der Waals surface area contributed by atoms with E-state index in [1.807, 2.05) is 0 Å². The summed E-state index contributed by atoms with van der Waals surface area (Å²) in [6.45, 7) is 6.57. The Bertz CT molecular complexity index is 485. The van der Waals surface area contributed by atoms with Crippen LogP contribution in [-0.4, -0.2) is 19.0 Å². The predicted octanol–water partition coefficient (Wildman–Crippen LogP) is 5.19. The van der Waals surface area contributed by atoms with E-state index in [4.69, 9.17) is 0 Å². The Kier molecular flexibility index (Phi) is 5.33. The normalized spacial score (nSPS) is 16.9. The van der Waals surface area contributed by atoms with E-state index in [-0.39, 0.29) is 0 Å². The molecule has 1 fully saturated rings. The summed E-state index contributed by atoms with van der Waals surface area (Å²) < 4.78 is 0. The molecule has 0 atom stereocenters. The maximum absolute atomic E-state index is 3.56. The Labute approximate surface area is 130 Å². The molecular formula is C19H30N2. The van der Waals surface area contributed by atoms with Gasteiger partial charge >= 0.3 is 0 Å². The number of nitrogens with zero attached hydrogens (tertiary/aromatic N) is 1. The molecular weight excluding hydrogens is 256 g/mol. The van der Waals surface area contributed by atoms with E-state index in [2.05, 4.69) is 63.4 Å². The number of nitrogens with one attached hydrogen (secondary N) is 1. The fourth-order valence-electron chi connectivity index (χ4n) is 3.48. The van der Waals surface area contributed by atoms with Crippen LogP contribution in [0.15, 0.2) is 24.0 Å². The monoisotopic (exact) mass is 286 g/mol. The molecule has 0 saturated heterocycles. The SMILES string of the molecule is C/C(=C/N(C)C)Nc1c(C)cc(C2CCCCC2)cc1C. The van der Waals surface area contributed by atoms with E-state index in [1.165, 1.54) is 54.6 Å². The largest absolute Gasteiger partial charge is 0.382 e. The molecule has 2 heteroatoms. The number of hydrogen-bond acceptors (Lipinski definition) is 2. The summed E-state index contributed by atoms with van der Waals surface area (Å²) in [6.07, 6.45) is 9.06. The Hall–Kier alpha value is -1.44. The lowest BCUT2D eigenvalue weighted by molar-refractivity contribution is 0.443. The van der Waals surface area contributed by atoms with Gasteiger partial charge in [-0.05, 0) is 56.2 Å². The number of allylic oxidation sites excluding steroid dienone is 1. The molecule has 2 nitrogen and oxygen atoms in total. The summed E-state index contributed by atoms with van der Waals surface area (Å²) in [5.41, 5.74) is 6.72. The fraction of sp³-hybridized carbons (Fsp3) is 0.579. The van der Waals surface area contributed by atoms with Crippen LogP contribution < -0.4 is 5.32 Å². The second-order valence-electron chi connectivity index (χ2n) is 6.77. The Morgan fingerprint density at radius 3 is 2.19 bits per heavy atom. The Morgan fingerprint density at radius 1 is 1.10 bits per heavy atom. The number of benzene rings is 1. The van der Waals surface area contributed by atoms with Crippen molar-refractivity contribution in [1.82, 2.24) is 4.90 Å². The van der Waals surface area contributed by atoms with Gasteiger partial charge in [-0.25, -0.2) is 0 Å². The highest BCUT2D eigenvalue weighted by atomic mass is 15.1. The molecule has 0 radical (unpaired) electrons. The molecule has 116 valence electrons. The number of hydrogen-bond donors (Lipinski definition) is 1. The van der Waals surface area contributed by atoms with Crippen molar-refractivity contribution in [2.45, 2.75) is 58.8 Å². The molecule has 1 saturated carbocycles. The zero-order valence-electron chi connectivity index (χ0n) is 14.3. The second kappa shape index (κ2) is 7.02. The summed E-state index contributed by atoms with van der Waals surface area (Å²) >= 11 is 0. The molecule has 1 aromatic carbocycles. The quantitative estimate of drug-likeness (QED) is 0.819. The summed E-state index contributed by atoms with van der Waals surface area (Å²) in [7, 11) is 4.11. The highest BCUT2D eigenvalue weighted by Gasteiger charge is 2.17. The average molecular weight is 286 g/mol. The molecule has 1 aromatic rings. The minimum atomic E-state index is 0.781. The van der Waals surface area contributed by atoms with Gasteiger partial charge in [-0.15, -0.1) is 0 Å². The lowest BCUT2D eigenvalue weighted by Gasteiger charge is -2.24. The second-order valence-corrected chi connectivity index (χ2v) is 6.77. The first-order valence-corrected chi connectivity index (χ1v) is 8.20. The maximum Gasteiger partial charge on any atom is 0.0441 e. The van der Waals surface area contributed by atoms with Gasteiger partial charge in [0.25, 0.3) is 0 Å². The van der Waals surface area contributed by atoms with E-state index in [0.29, 0.717) is 0 Å². The number of aryl methyl sites for hydroxylation is 2. The first kappa shape index (κ1) is 15.9. The molecule has 0 spiro atoms. The van der Waals surface area contributed by atoms with Gasteiger partial charge in [-0.1, -0.05) is 31.4 Å².